The monoisotopic (exact) mass is 272 g/mol. The minimum atomic E-state index is 0.328. The van der Waals surface area contributed by atoms with E-state index >= 15 is 0 Å². The van der Waals surface area contributed by atoms with Crippen LogP contribution in [0.3, 0.4) is 0 Å². The highest BCUT2D eigenvalue weighted by atomic mass is 79.9. The highest BCUT2D eigenvalue weighted by molar-refractivity contribution is 9.10. The molecule has 2 aromatic rings. The van der Waals surface area contributed by atoms with Gasteiger partial charge in [-0.3, -0.25) is 4.98 Å². The van der Waals surface area contributed by atoms with E-state index in [1.807, 2.05) is 6.07 Å². The fourth-order valence-corrected chi connectivity index (χ4v) is 1.55. The maximum absolute atomic E-state index is 5.60. The van der Waals surface area contributed by atoms with Crippen molar-refractivity contribution in [3.8, 4) is 11.3 Å². The van der Waals surface area contributed by atoms with Gasteiger partial charge in [-0.15, -0.1) is 11.6 Å². The topological polar surface area (TPSA) is 38.9 Å². The molecule has 5 heteroatoms. The number of rotatable bonds is 2. The average molecular weight is 274 g/mol. The van der Waals surface area contributed by atoms with Crippen molar-refractivity contribution in [1.82, 2.24) is 10.1 Å². The first kappa shape index (κ1) is 9.68. The van der Waals surface area contributed by atoms with Gasteiger partial charge in [0.05, 0.1) is 5.88 Å². The van der Waals surface area contributed by atoms with E-state index in [1.54, 1.807) is 18.5 Å². The van der Waals surface area contributed by atoms with Crippen molar-refractivity contribution in [3.05, 3.63) is 34.8 Å². The van der Waals surface area contributed by atoms with Crippen LogP contribution >= 0.6 is 27.5 Å². The number of halogens is 2. The Bertz CT molecular complexity index is 444. The minimum absolute atomic E-state index is 0.328. The first-order chi connectivity index (χ1) is 6.79. The molecule has 3 nitrogen and oxygen atoms in total. The molecule has 14 heavy (non-hydrogen) atoms. The van der Waals surface area contributed by atoms with Gasteiger partial charge in [-0.2, -0.15) is 0 Å². The quantitative estimate of drug-likeness (QED) is 0.789. The van der Waals surface area contributed by atoms with E-state index < -0.39 is 0 Å². The van der Waals surface area contributed by atoms with Crippen LogP contribution in [0.4, 0.5) is 0 Å². The van der Waals surface area contributed by atoms with Crippen molar-refractivity contribution in [2.24, 2.45) is 0 Å². The molecule has 0 amide bonds. The zero-order valence-corrected chi connectivity index (χ0v) is 9.42. The maximum atomic E-state index is 5.60. The Morgan fingerprint density at radius 3 is 2.86 bits per heavy atom. The van der Waals surface area contributed by atoms with Gasteiger partial charge in [0.15, 0.2) is 5.76 Å². The zero-order valence-electron chi connectivity index (χ0n) is 7.08. The summed E-state index contributed by atoms with van der Waals surface area (Å²) in [6.07, 6.45) is 3.44. The van der Waals surface area contributed by atoms with Crippen molar-refractivity contribution in [2.45, 2.75) is 5.88 Å². The van der Waals surface area contributed by atoms with E-state index in [1.165, 1.54) is 0 Å². The van der Waals surface area contributed by atoms with Crippen molar-refractivity contribution >= 4 is 27.5 Å². The summed E-state index contributed by atoms with van der Waals surface area (Å²) in [6.45, 7) is 0. The number of aromatic nitrogens is 2. The van der Waals surface area contributed by atoms with Gasteiger partial charge in [0.1, 0.15) is 5.69 Å². The summed E-state index contributed by atoms with van der Waals surface area (Å²) in [5.74, 6) is 0.982. The summed E-state index contributed by atoms with van der Waals surface area (Å²) >= 11 is 8.94. The van der Waals surface area contributed by atoms with Crippen molar-refractivity contribution < 1.29 is 4.52 Å². The lowest BCUT2D eigenvalue weighted by Gasteiger charge is -1.93. The normalized spacial score (nSPS) is 10.4. The molecule has 72 valence electrons. The fourth-order valence-electron chi connectivity index (χ4n) is 1.06. The number of pyridine rings is 1. The molecule has 0 spiro atoms. The smallest absolute Gasteiger partial charge is 0.152 e. The van der Waals surface area contributed by atoms with Crippen LogP contribution in [-0.2, 0) is 5.88 Å². The lowest BCUT2D eigenvalue weighted by Crippen LogP contribution is -1.79. The molecule has 0 aliphatic carbocycles. The lowest BCUT2D eigenvalue weighted by molar-refractivity contribution is 0.396. The van der Waals surface area contributed by atoms with Crippen molar-refractivity contribution in [2.75, 3.05) is 0 Å². The third kappa shape index (κ3) is 1.96. The molecule has 0 radical (unpaired) electrons. The zero-order chi connectivity index (χ0) is 9.97. The second-order valence-corrected chi connectivity index (χ2v) is 3.89. The van der Waals surface area contributed by atoms with E-state index in [0.29, 0.717) is 11.6 Å². The van der Waals surface area contributed by atoms with Gasteiger partial charge in [-0.25, -0.2) is 0 Å². The van der Waals surface area contributed by atoms with Crippen molar-refractivity contribution in [3.63, 3.8) is 0 Å². The largest absolute Gasteiger partial charge is 0.359 e. The first-order valence-corrected chi connectivity index (χ1v) is 5.25. The molecule has 0 aromatic carbocycles. The Kier molecular flexibility index (Phi) is 2.84. The maximum Gasteiger partial charge on any atom is 0.152 e. The van der Waals surface area contributed by atoms with Gasteiger partial charge in [-0.1, -0.05) is 5.16 Å². The van der Waals surface area contributed by atoms with Crippen LogP contribution in [0, 0.1) is 0 Å². The Labute approximate surface area is 94.2 Å². The summed E-state index contributed by atoms with van der Waals surface area (Å²) in [5.41, 5.74) is 1.65. The van der Waals surface area contributed by atoms with E-state index in [-0.39, 0.29) is 0 Å². The van der Waals surface area contributed by atoms with Gasteiger partial charge in [-0.05, 0) is 22.0 Å². The molecule has 0 saturated carbocycles. The summed E-state index contributed by atoms with van der Waals surface area (Å²) in [6, 6.07) is 3.72. The van der Waals surface area contributed by atoms with E-state index in [2.05, 4.69) is 26.1 Å². The van der Waals surface area contributed by atoms with Gasteiger partial charge in [0.25, 0.3) is 0 Å². The predicted molar refractivity (Wildman–Crippen MR) is 57.0 cm³/mol. The molecule has 2 rings (SSSR count). The van der Waals surface area contributed by atoms with Crippen molar-refractivity contribution in [1.29, 1.82) is 0 Å². The molecule has 0 saturated heterocycles. The van der Waals surface area contributed by atoms with E-state index in [9.17, 15) is 0 Å². The SMILES string of the molecule is ClCc1cc(-c2cncc(Br)c2)no1. The molecule has 0 aliphatic heterocycles. The van der Waals surface area contributed by atoms with Crippen LogP contribution in [0.15, 0.2) is 33.5 Å². The second kappa shape index (κ2) is 4.11. The number of alkyl halides is 1. The van der Waals surface area contributed by atoms with Gasteiger partial charge in [0.2, 0.25) is 0 Å². The second-order valence-electron chi connectivity index (χ2n) is 2.70. The molecular weight excluding hydrogens is 267 g/mol. The van der Waals surface area contributed by atoms with Gasteiger partial charge < -0.3 is 4.52 Å². The number of hydrogen-bond donors (Lipinski definition) is 0. The average Bonchev–Trinajstić information content (AvgIpc) is 2.66. The molecule has 0 aliphatic rings. The van der Waals surface area contributed by atoms with Gasteiger partial charge in [0, 0.05) is 28.5 Å². The Hall–Kier alpha value is -0.870. The molecule has 2 heterocycles. The highest BCUT2D eigenvalue weighted by Gasteiger charge is 2.05. The van der Waals surface area contributed by atoms with E-state index in [4.69, 9.17) is 16.1 Å². The molecule has 0 fully saturated rings. The molecule has 0 N–H and O–H groups in total. The lowest BCUT2D eigenvalue weighted by atomic mass is 10.2. The van der Waals surface area contributed by atoms with Crippen LogP contribution < -0.4 is 0 Å². The van der Waals surface area contributed by atoms with E-state index in [0.717, 1.165) is 15.7 Å². The molecule has 0 bridgehead atoms. The van der Waals surface area contributed by atoms with Crippen LogP contribution in [0.25, 0.3) is 11.3 Å². The summed E-state index contributed by atoms with van der Waals surface area (Å²) in [5, 5.41) is 3.88. The van der Waals surface area contributed by atoms with Crippen LogP contribution in [0.5, 0.6) is 0 Å². The van der Waals surface area contributed by atoms with Gasteiger partial charge >= 0.3 is 0 Å². The third-order valence-corrected chi connectivity index (χ3v) is 2.39. The molecule has 0 atom stereocenters. The molecule has 0 unspecified atom stereocenters. The van der Waals surface area contributed by atoms with Crippen LogP contribution in [-0.4, -0.2) is 10.1 Å². The molecule has 2 aromatic heterocycles. The standard InChI is InChI=1S/C9H6BrClN2O/c10-7-1-6(4-12-5-7)9-2-8(3-11)14-13-9/h1-2,4-5H,3H2. The molecular formula is C9H6BrClN2O. The first-order valence-electron chi connectivity index (χ1n) is 3.92. The highest BCUT2D eigenvalue weighted by Crippen LogP contribution is 2.21. The Morgan fingerprint density at radius 2 is 2.21 bits per heavy atom. The fraction of sp³-hybridized carbons (Fsp3) is 0.111. The minimum Gasteiger partial charge on any atom is -0.359 e. The number of nitrogens with zero attached hydrogens (tertiary/aromatic N) is 2. The summed E-state index contributed by atoms with van der Waals surface area (Å²) in [4.78, 5) is 4.03. The summed E-state index contributed by atoms with van der Waals surface area (Å²) < 4.78 is 5.89. The predicted octanol–water partition coefficient (Wildman–Crippen LogP) is 3.24. The summed E-state index contributed by atoms with van der Waals surface area (Å²) in [7, 11) is 0. The Balaban J connectivity index is 2.39. The Morgan fingerprint density at radius 1 is 1.36 bits per heavy atom. The van der Waals surface area contributed by atoms with Crippen LogP contribution in [0.1, 0.15) is 5.76 Å². The number of hydrogen-bond acceptors (Lipinski definition) is 3. The van der Waals surface area contributed by atoms with Crippen LogP contribution in [0.2, 0.25) is 0 Å². The third-order valence-electron chi connectivity index (χ3n) is 1.69.